The second-order valence-corrected chi connectivity index (χ2v) is 3.71. The number of amides is 1. The highest BCUT2D eigenvalue weighted by molar-refractivity contribution is 7.78. The molecule has 0 fully saturated rings. The predicted molar refractivity (Wildman–Crippen MR) is 69.5 cm³/mol. The van der Waals surface area contributed by atoms with Crippen molar-refractivity contribution in [1.82, 2.24) is 24.9 Å². The smallest absolute Gasteiger partial charge is 0.281 e. The number of thiol groups is 1. The van der Waals surface area contributed by atoms with Gasteiger partial charge in [-0.2, -0.15) is 5.10 Å². The molecule has 2 heterocycles. The van der Waals surface area contributed by atoms with Gasteiger partial charge in [-0.15, -0.1) is 0 Å². The summed E-state index contributed by atoms with van der Waals surface area (Å²) in [4.78, 5) is 19.2. The molecule has 0 radical (unpaired) electrons. The van der Waals surface area contributed by atoms with Crippen LogP contribution in [0.4, 0.5) is 17.3 Å². The zero-order valence-corrected chi connectivity index (χ0v) is 10.3. The zero-order chi connectivity index (χ0) is 13.1. The fraction of sp³-hybridized carbons (Fsp3) is 0.111. The number of hydrogen-bond acceptors (Lipinski definition) is 7. The molecule has 2 aromatic rings. The van der Waals surface area contributed by atoms with Crippen LogP contribution >= 0.6 is 12.8 Å². The van der Waals surface area contributed by atoms with Crippen molar-refractivity contribution in [3.8, 4) is 0 Å². The number of carbonyl (C=O) groups is 1. The highest BCUT2D eigenvalue weighted by Gasteiger charge is 2.14. The third-order valence-corrected chi connectivity index (χ3v) is 2.36. The molecule has 0 spiro atoms. The average Bonchev–Trinajstić information content (AvgIpc) is 2.76. The lowest BCUT2D eigenvalue weighted by atomic mass is 10.3. The third-order valence-electron chi connectivity index (χ3n) is 2.15. The number of nitrogens with zero attached hydrogens (tertiary/aromatic N) is 3. The van der Waals surface area contributed by atoms with E-state index in [1.807, 2.05) is 6.92 Å². The number of rotatable bonds is 3. The van der Waals surface area contributed by atoms with E-state index in [0.29, 0.717) is 11.6 Å². The Labute approximate surface area is 108 Å². The number of aromatic amines is 1. The van der Waals surface area contributed by atoms with Crippen LogP contribution in [0.2, 0.25) is 0 Å². The minimum Gasteiger partial charge on any atom is -0.394 e. The van der Waals surface area contributed by atoms with E-state index in [1.165, 1.54) is 6.33 Å². The Balaban J connectivity index is 2.31. The van der Waals surface area contributed by atoms with E-state index in [2.05, 4.69) is 43.0 Å². The van der Waals surface area contributed by atoms with Gasteiger partial charge >= 0.3 is 0 Å². The Morgan fingerprint density at radius 3 is 2.89 bits per heavy atom. The topological polar surface area (TPSA) is 122 Å². The van der Waals surface area contributed by atoms with E-state index in [-0.39, 0.29) is 11.4 Å². The molecule has 0 aliphatic carbocycles. The third kappa shape index (κ3) is 2.35. The summed E-state index contributed by atoms with van der Waals surface area (Å²) in [6.07, 6.45) is 1.23. The Kier molecular flexibility index (Phi) is 3.33. The molecule has 0 atom stereocenters. The molecular formula is C9H11N7OS. The monoisotopic (exact) mass is 265 g/mol. The summed E-state index contributed by atoms with van der Waals surface area (Å²) in [7, 11) is 0. The van der Waals surface area contributed by atoms with Crippen LogP contribution < -0.4 is 15.8 Å². The molecule has 18 heavy (non-hydrogen) atoms. The molecule has 1 amide bonds. The number of H-pyrrole nitrogens is 1. The second kappa shape index (κ2) is 4.92. The summed E-state index contributed by atoms with van der Waals surface area (Å²) in [6.45, 7) is 1.86. The van der Waals surface area contributed by atoms with Crippen LogP contribution in [0.1, 0.15) is 16.2 Å². The minimum absolute atomic E-state index is 0.0507. The molecule has 8 nitrogen and oxygen atoms in total. The van der Waals surface area contributed by atoms with E-state index in [0.717, 1.165) is 5.69 Å². The molecule has 0 aliphatic rings. The lowest BCUT2D eigenvalue weighted by molar-refractivity contribution is 0.0981. The maximum atomic E-state index is 11.4. The van der Waals surface area contributed by atoms with Gasteiger partial charge in [-0.25, -0.2) is 9.97 Å². The largest absolute Gasteiger partial charge is 0.394 e. The molecule has 0 aromatic carbocycles. The molecule has 2 aromatic heterocycles. The van der Waals surface area contributed by atoms with Gasteiger partial charge in [-0.1, -0.05) is 12.8 Å². The van der Waals surface area contributed by atoms with E-state index in [4.69, 9.17) is 5.73 Å². The molecule has 2 rings (SSSR count). The number of anilines is 3. The number of aromatic nitrogens is 4. The number of nitrogens with two attached hydrogens (primary N) is 1. The van der Waals surface area contributed by atoms with E-state index >= 15 is 0 Å². The SMILES string of the molecule is Cc1cc(Nc2ncnc(C(=O)NS)c2N)n[nH]1. The van der Waals surface area contributed by atoms with Crippen molar-refractivity contribution in [2.75, 3.05) is 11.1 Å². The molecule has 94 valence electrons. The van der Waals surface area contributed by atoms with Crippen LogP contribution in [-0.4, -0.2) is 26.1 Å². The number of nitrogens with one attached hydrogen (secondary N) is 3. The van der Waals surface area contributed by atoms with Crippen molar-refractivity contribution in [3.63, 3.8) is 0 Å². The minimum atomic E-state index is -0.500. The van der Waals surface area contributed by atoms with Crippen LogP contribution in [0.15, 0.2) is 12.4 Å². The van der Waals surface area contributed by atoms with Gasteiger partial charge in [0.1, 0.15) is 12.0 Å². The van der Waals surface area contributed by atoms with Crippen LogP contribution in [0.3, 0.4) is 0 Å². The fourth-order valence-electron chi connectivity index (χ4n) is 1.33. The van der Waals surface area contributed by atoms with Crippen LogP contribution in [0.25, 0.3) is 0 Å². The number of aryl methyl sites for hydroxylation is 1. The molecule has 0 saturated carbocycles. The van der Waals surface area contributed by atoms with Crippen LogP contribution in [-0.2, 0) is 0 Å². The Hall–Kier alpha value is -2.29. The molecule has 0 aliphatic heterocycles. The van der Waals surface area contributed by atoms with Gasteiger partial charge in [0.2, 0.25) is 0 Å². The van der Waals surface area contributed by atoms with Gasteiger partial charge in [0.15, 0.2) is 17.3 Å². The van der Waals surface area contributed by atoms with Crippen LogP contribution in [0, 0.1) is 6.92 Å². The summed E-state index contributed by atoms with van der Waals surface area (Å²) >= 11 is 3.66. The summed E-state index contributed by atoms with van der Waals surface area (Å²) in [5.74, 6) is 0.359. The van der Waals surface area contributed by atoms with Crippen molar-refractivity contribution in [2.24, 2.45) is 0 Å². The zero-order valence-electron chi connectivity index (χ0n) is 9.43. The molecule has 5 N–H and O–H groups in total. The van der Waals surface area contributed by atoms with Gasteiger partial charge in [-0.05, 0) is 6.92 Å². The fourth-order valence-corrected chi connectivity index (χ4v) is 1.44. The van der Waals surface area contributed by atoms with Gasteiger partial charge in [-0.3, -0.25) is 14.6 Å². The highest BCUT2D eigenvalue weighted by atomic mass is 32.1. The molecule has 0 unspecified atom stereocenters. The molecule has 0 saturated heterocycles. The van der Waals surface area contributed by atoms with E-state index < -0.39 is 5.91 Å². The summed E-state index contributed by atoms with van der Waals surface area (Å²) in [5.41, 5.74) is 6.86. The van der Waals surface area contributed by atoms with E-state index in [9.17, 15) is 4.79 Å². The number of carbonyl (C=O) groups excluding carboxylic acids is 1. The Morgan fingerprint density at radius 2 is 2.28 bits per heavy atom. The van der Waals surface area contributed by atoms with Crippen LogP contribution in [0.5, 0.6) is 0 Å². The maximum Gasteiger partial charge on any atom is 0.281 e. The first-order valence-electron chi connectivity index (χ1n) is 4.95. The van der Waals surface area contributed by atoms with Gasteiger partial charge < -0.3 is 11.1 Å². The summed E-state index contributed by atoms with van der Waals surface area (Å²) in [6, 6.07) is 1.78. The predicted octanol–water partition coefficient (Wildman–Crippen LogP) is 0.409. The quantitative estimate of drug-likeness (QED) is 0.512. The normalized spacial score (nSPS) is 10.1. The van der Waals surface area contributed by atoms with Crippen molar-refractivity contribution in [3.05, 3.63) is 23.8 Å². The summed E-state index contributed by atoms with van der Waals surface area (Å²) in [5, 5.41) is 9.64. The van der Waals surface area contributed by atoms with Crippen molar-refractivity contribution >= 4 is 36.0 Å². The lowest BCUT2D eigenvalue weighted by Gasteiger charge is -2.07. The van der Waals surface area contributed by atoms with Gasteiger partial charge in [0.05, 0.1) is 0 Å². The van der Waals surface area contributed by atoms with Crippen molar-refractivity contribution < 1.29 is 4.79 Å². The highest BCUT2D eigenvalue weighted by Crippen LogP contribution is 2.21. The van der Waals surface area contributed by atoms with Crippen molar-refractivity contribution in [1.29, 1.82) is 0 Å². The van der Waals surface area contributed by atoms with E-state index in [1.54, 1.807) is 6.07 Å². The lowest BCUT2D eigenvalue weighted by Crippen LogP contribution is -2.18. The Morgan fingerprint density at radius 1 is 1.50 bits per heavy atom. The molecule has 9 heteroatoms. The number of nitrogen functional groups attached to an aromatic ring is 1. The summed E-state index contributed by atoms with van der Waals surface area (Å²) < 4.78 is 2.15. The Bertz CT molecular complexity index is 582. The first kappa shape index (κ1) is 12.2. The average molecular weight is 265 g/mol. The first-order chi connectivity index (χ1) is 8.61. The molecular weight excluding hydrogens is 254 g/mol. The number of hydrogen-bond donors (Lipinski definition) is 5. The van der Waals surface area contributed by atoms with Gasteiger partial charge in [0, 0.05) is 11.8 Å². The maximum absolute atomic E-state index is 11.4. The van der Waals surface area contributed by atoms with Gasteiger partial charge in [0.25, 0.3) is 5.91 Å². The van der Waals surface area contributed by atoms with Crippen molar-refractivity contribution in [2.45, 2.75) is 6.92 Å². The second-order valence-electron chi connectivity index (χ2n) is 3.49. The molecule has 0 bridgehead atoms. The standard InChI is InChI=1S/C9H11N7OS/c1-4-2-5(15-14-4)13-8-6(10)7(9(17)16-18)11-3-12-8/h2-3,18H,10H2,1H3,(H,16,17)(H2,11,12,13,14,15). The first-order valence-corrected chi connectivity index (χ1v) is 5.40.